The highest BCUT2D eigenvalue weighted by Crippen LogP contribution is 2.21. The maximum Gasteiger partial charge on any atom is 0.276 e. The maximum atomic E-state index is 11.9. The van der Waals surface area contributed by atoms with Crippen LogP contribution in [0.2, 0.25) is 0 Å². The Morgan fingerprint density at radius 3 is 2.68 bits per heavy atom. The summed E-state index contributed by atoms with van der Waals surface area (Å²) in [6, 6.07) is 11.8. The van der Waals surface area contributed by atoms with Crippen LogP contribution in [0, 0.1) is 17.0 Å². The minimum Gasteiger partial charge on any atom is -0.322 e. The van der Waals surface area contributed by atoms with Crippen LogP contribution < -0.4 is 5.32 Å². The van der Waals surface area contributed by atoms with Crippen LogP contribution in [-0.2, 0) is 4.79 Å². The molecule has 1 amide bonds. The van der Waals surface area contributed by atoms with Crippen LogP contribution in [0.25, 0.3) is 6.08 Å². The molecule has 0 bridgehead atoms. The molecule has 1 N–H and O–H groups in total. The van der Waals surface area contributed by atoms with Gasteiger partial charge in [-0.2, -0.15) is 0 Å². The quantitative estimate of drug-likeness (QED) is 0.501. The monoisotopic (exact) mass is 360 g/mol. The van der Waals surface area contributed by atoms with Crippen LogP contribution >= 0.6 is 15.9 Å². The number of anilines is 1. The number of nitro groups is 1. The largest absolute Gasteiger partial charge is 0.322 e. The van der Waals surface area contributed by atoms with E-state index in [9.17, 15) is 14.9 Å². The number of benzene rings is 2. The normalized spacial score (nSPS) is 10.6. The molecule has 2 aromatic carbocycles. The zero-order valence-corrected chi connectivity index (χ0v) is 13.3. The molecular formula is C16H13BrN2O3. The van der Waals surface area contributed by atoms with Crippen LogP contribution in [0.5, 0.6) is 0 Å². The molecule has 0 radical (unpaired) electrons. The van der Waals surface area contributed by atoms with E-state index in [1.54, 1.807) is 24.3 Å². The fourth-order valence-electron chi connectivity index (χ4n) is 1.90. The Labute approximate surface area is 135 Å². The molecule has 6 heteroatoms. The predicted octanol–water partition coefficient (Wildman–Crippen LogP) is 4.32. The molecule has 112 valence electrons. The predicted molar refractivity (Wildman–Crippen MR) is 89.6 cm³/mol. The Hall–Kier alpha value is -2.47. The molecule has 0 heterocycles. The standard InChI is InChI=1S/C16H13BrN2O3/c1-11-10-13(17)7-8-14(11)18-16(20)9-6-12-4-2-3-5-15(12)19(21)22/h2-10H,1H3,(H,18,20)/b9-6+. The molecular weight excluding hydrogens is 348 g/mol. The Balaban J connectivity index is 2.14. The molecule has 22 heavy (non-hydrogen) atoms. The van der Waals surface area contributed by atoms with Gasteiger partial charge in [-0.25, -0.2) is 0 Å². The Bertz CT molecular complexity index is 757. The number of aryl methyl sites for hydroxylation is 1. The number of carbonyl (C=O) groups is 1. The summed E-state index contributed by atoms with van der Waals surface area (Å²) in [6.45, 7) is 1.88. The van der Waals surface area contributed by atoms with Crippen molar-refractivity contribution in [3.05, 3.63) is 74.3 Å². The third kappa shape index (κ3) is 4.02. The van der Waals surface area contributed by atoms with Gasteiger partial charge in [0.05, 0.1) is 10.5 Å². The smallest absolute Gasteiger partial charge is 0.276 e. The van der Waals surface area contributed by atoms with Crippen molar-refractivity contribution < 1.29 is 9.72 Å². The first kappa shape index (κ1) is 15.9. The van der Waals surface area contributed by atoms with Crippen molar-refractivity contribution in [3.63, 3.8) is 0 Å². The lowest BCUT2D eigenvalue weighted by Crippen LogP contribution is -2.08. The molecule has 2 rings (SSSR count). The summed E-state index contributed by atoms with van der Waals surface area (Å²) >= 11 is 3.35. The highest BCUT2D eigenvalue weighted by molar-refractivity contribution is 9.10. The van der Waals surface area contributed by atoms with Crippen molar-refractivity contribution in [2.45, 2.75) is 6.92 Å². The fourth-order valence-corrected chi connectivity index (χ4v) is 2.38. The third-order valence-electron chi connectivity index (χ3n) is 2.99. The van der Waals surface area contributed by atoms with Crippen molar-refractivity contribution in [2.24, 2.45) is 0 Å². The van der Waals surface area contributed by atoms with Gasteiger partial charge in [0.1, 0.15) is 0 Å². The molecule has 2 aromatic rings. The zero-order valence-electron chi connectivity index (χ0n) is 11.7. The first-order valence-corrected chi connectivity index (χ1v) is 7.25. The second kappa shape index (κ2) is 7.00. The van der Waals surface area contributed by atoms with Crippen LogP contribution in [0.3, 0.4) is 0 Å². The van der Waals surface area contributed by atoms with Gasteiger partial charge < -0.3 is 5.32 Å². The van der Waals surface area contributed by atoms with E-state index in [2.05, 4.69) is 21.2 Å². The van der Waals surface area contributed by atoms with Gasteiger partial charge in [0.25, 0.3) is 5.69 Å². The number of halogens is 1. The lowest BCUT2D eigenvalue weighted by atomic mass is 10.1. The van der Waals surface area contributed by atoms with E-state index in [0.717, 1.165) is 10.0 Å². The minimum absolute atomic E-state index is 0.0358. The lowest BCUT2D eigenvalue weighted by molar-refractivity contribution is -0.385. The highest BCUT2D eigenvalue weighted by atomic mass is 79.9. The number of para-hydroxylation sites is 1. The molecule has 0 aromatic heterocycles. The number of nitrogens with one attached hydrogen (secondary N) is 1. The molecule has 0 aliphatic heterocycles. The van der Waals surface area contributed by atoms with E-state index in [0.29, 0.717) is 11.3 Å². The van der Waals surface area contributed by atoms with Crippen molar-refractivity contribution in [3.8, 4) is 0 Å². The average Bonchev–Trinajstić information content (AvgIpc) is 2.48. The molecule has 5 nitrogen and oxygen atoms in total. The first-order chi connectivity index (χ1) is 10.5. The second-order valence-electron chi connectivity index (χ2n) is 4.60. The van der Waals surface area contributed by atoms with Gasteiger partial charge in [0.2, 0.25) is 5.91 Å². The van der Waals surface area contributed by atoms with Gasteiger partial charge in [-0.15, -0.1) is 0 Å². The van der Waals surface area contributed by atoms with Crippen LogP contribution in [0.4, 0.5) is 11.4 Å². The van der Waals surface area contributed by atoms with E-state index in [1.165, 1.54) is 18.2 Å². The number of nitrogens with zero attached hydrogens (tertiary/aromatic N) is 1. The Kier molecular flexibility index (Phi) is 5.06. The molecule has 0 saturated carbocycles. The van der Waals surface area contributed by atoms with Crippen LogP contribution in [-0.4, -0.2) is 10.8 Å². The van der Waals surface area contributed by atoms with Crippen LogP contribution in [0.1, 0.15) is 11.1 Å². The molecule has 0 aliphatic carbocycles. The summed E-state index contributed by atoms with van der Waals surface area (Å²) in [5.74, 6) is -0.344. The van der Waals surface area contributed by atoms with Gasteiger partial charge in [0, 0.05) is 22.3 Å². The number of nitro benzene ring substituents is 1. The maximum absolute atomic E-state index is 11.9. The topological polar surface area (TPSA) is 72.2 Å². The van der Waals surface area contributed by atoms with Crippen molar-refractivity contribution in [1.29, 1.82) is 0 Å². The fraction of sp³-hybridized carbons (Fsp3) is 0.0625. The minimum atomic E-state index is -0.476. The van der Waals surface area contributed by atoms with E-state index in [1.807, 2.05) is 19.1 Å². The molecule has 0 atom stereocenters. The summed E-state index contributed by atoms with van der Waals surface area (Å²) in [5, 5.41) is 13.6. The van der Waals surface area contributed by atoms with Gasteiger partial charge in [-0.1, -0.05) is 28.1 Å². The Morgan fingerprint density at radius 2 is 2.00 bits per heavy atom. The van der Waals surface area contributed by atoms with Crippen LogP contribution in [0.15, 0.2) is 53.0 Å². The van der Waals surface area contributed by atoms with E-state index in [4.69, 9.17) is 0 Å². The van der Waals surface area contributed by atoms with Gasteiger partial charge >= 0.3 is 0 Å². The summed E-state index contributed by atoms with van der Waals surface area (Å²) in [7, 11) is 0. The number of hydrogen-bond donors (Lipinski definition) is 1. The Morgan fingerprint density at radius 1 is 1.27 bits per heavy atom. The third-order valence-corrected chi connectivity index (χ3v) is 3.49. The van der Waals surface area contributed by atoms with Gasteiger partial charge in [0.15, 0.2) is 0 Å². The number of hydrogen-bond acceptors (Lipinski definition) is 3. The molecule has 0 fully saturated rings. The summed E-state index contributed by atoms with van der Waals surface area (Å²) in [4.78, 5) is 22.3. The number of amides is 1. The molecule has 0 unspecified atom stereocenters. The molecule has 0 spiro atoms. The van der Waals surface area contributed by atoms with Gasteiger partial charge in [-0.05, 0) is 42.8 Å². The van der Waals surface area contributed by atoms with Crippen molar-refractivity contribution in [2.75, 3.05) is 5.32 Å². The molecule has 0 saturated heterocycles. The second-order valence-corrected chi connectivity index (χ2v) is 5.51. The van der Waals surface area contributed by atoms with Crippen molar-refractivity contribution in [1.82, 2.24) is 0 Å². The number of rotatable bonds is 4. The average molecular weight is 361 g/mol. The first-order valence-electron chi connectivity index (χ1n) is 6.46. The SMILES string of the molecule is Cc1cc(Br)ccc1NC(=O)/C=C/c1ccccc1[N+](=O)[O-]. The number of carbonyl (C=O) groups excluding carboxylic acids is 1. The zero-order chi connectivity index (χ0) is 16.1. The summed E-state index contributed by atoms with van der Waals surface area (Å²) < 4.78 is 0.929. The highest BCUT2D eigenvalue weighted by Gasteiger charge is 2.10. The van der Waals surface area contributed by atoms with E-state index in [-0.39, 0.29) is 11.6 Å². The van der Waals surface area contributed by atoms with Gasteiger partial charge in [-0.3, -0.25) is 14.9 Å². The summed E-state index contributed by atoms with van der Waals surface area (Å²) in [6.07, 6.45) is 2.71. The van der Waals surface area contributed by atoms with E-state index >= 15 is 0 Å². The summed E-state index contributed by atoms with van der Waals surface area (Å²) in [5.41, 5.74) is 1.96. The van der Waals surface area contributed by atoms with Crippen molar-refractivity contribution >= 4 is 39.3 Å². The lowest BCUT2D eigenvalue weighted by Gasteiger charge is -2.06. The van der Waals surface area contributed by atoms with E-state index < -0.39 is 4.92 Å². The molecule has 0 aliphatic rings.